The van der Waals surface area contributed by atoms with Crippen LogP contribution in [-0.4, -0.2) is 35.3 Å². The van der Waals surface area contributed by atoms with Crippen molar-refractivity contribution in [2.24, 2.45) is 0 Å². The number of carboxylic acid groups (broad SMARTS) is 1. The highest BCUT2D eigenvalue weighted by Crippen LogP contribution is 2.26. The van der Waals surface area contributed by atoms with E-state index >= 15 is 0 Å². The second kappa shape index (κ2) is 7.07. The molecule has 0 spiro atoms. The molecular formula is C17H19F3N2O2. The molecule has 1 saturated heterocycles. The molecular weight excluding hydrogens is 321 g/mol. The van der Waals surface area contributed by atoms with E-state index in [9.17, 15) is 13.2 Å². The minimum atomic E-state index is -5.08. The van der Waals surface area contributed by atoms with Crippen molar-refractivity contribution < 1.29 is 23.1 Å². The summed E-state index contributed by atoms with van der Waals surface area (Å²) in [5.41, 5.74) is 3.77. The number of para-hydroxylation sites is 1. The number of alkyl halides is 3. The lowest BCUT2D eigenvalue weighted by molar-refractivity contribution is -0.192. The topological polar surface area (TPSA) is 53.4 Å². The number of nitrogens with zero attached hydrogens (tertiary/aromatic N) is 2. The first kappa shape index (κ1) is 18.0. The maximum atomic E-state index is 10.6. The van der Waals surface area contributed by atoms with E-state index in [0.29, 0.717) is 0 Å². The molecule has 2 heterocycles. The molecule has 2 aromatic rings. The molecule has 4 nitrogen and oxygen atoms in total. The molecule has 0 bridgehead atoms. The van der Waals surface area contributed by atoms with Crippen LogP contribution >= 0.6 is 0 Å². The predicted molar refractivity (Wildman–Crippen MR) is 86.4 cm³/mol. The summed E-state index contributed by atoms with van der Waals surface area (Å²) in [6.07, 6.45) is -2.49. The SMILES string of the molecule is Cc1cc(N2CCCC2)nc2c(C)cccc12.O=C(O)C(F)(F)F. The normalized spacial score (nSPS) is 14.5. The van der Waals surface area contributed by atoms with E-state index < -0.39 is 12.1 Å². The van der Waals surface area contributed by atoms with Crippen LogP contribution < -0.4 is 4.90 Å². The summed E-state index contributed by atoms with van der Waals surface area (Å²) in [5, 5.41) is 8.41. The van der Waals surface area contributed by atoms with Gasteiger partial charge in [0.2, 0.25) is 0 Å². The molecule has 0 radical (unpaired) electrons. The minimum absolute atomic E-state index is 1.15. The van der Waals surface area contributed by atoms with Gasteiger partial charge < -0.3 is 10.0 Å². The highest BCUT2D eigenvalue weighted by molar-refractivity contribution is 5.86. The number of carboxylic acids is 1. The van der Waals surface area contributed by atoms with E-state index in [0.717, 1.165) is 24.4 Å². The van der Waals surface area contributed by atoms with Gasteiger partial charge in [0.15, 0.2) is 0 Å². The fourth-order valence-electron chi connectivity index (χ4n) is 2.65. The van der Waals surface area contributed by atoms with Crippen molar-refractivity contribution in [2.45, 2.75) is 32.9 Å². The van der Waals surface area contributed by atoms with Crippen LogP contribution in [0.15, 0.2) is 24.3 Å². The van der Waals surface area contributed by atoms with E-state index in [4.69, 9.17) is 14.9 Å². The molecule has 1 aliphatic heterocycles. The fraction of sp³-hybridized carbons (Fsp3) is 0.412. The summed E-state index contributed by atoms with van der Waals surface area (Å²) < 4.78 is 31.7. The summed E-state index contributed by atoms with van der Waals surface area (Å²) in [6, 6.07) is 8.65. The second-order valence-electron chi connectivity index (χ2n) is 5.77. The van der Waals surface area contributed by atoms with Gasteiger partial charge in [-0.2, -0.15) is 13.2 Å². The number of carbonyl (C=O) groups is 1. The Morgan fingerprint density at radius 2 is 1.75 bits per heavy atom. The van der Waals surface area contributed by atoms with Gasteiger partial charge in [-0.15, -0.1) is 0 Å². The van der Waals surface area contributed by atoms with Crippen molar-refractivity contribution in [2.75, 3.05) is 18.0 Å². The van der Waals surface area contributed by atoms with Gasteiger partial charge in [0.05, 0.1) is 5.52 Å². The molecule has 3 rings (SSSR count). The van der Waals surface area contributed by atoms with Crippen molar-refractivity contribution in [3.05, 3.63) is 35.4 Å². The third kappa shape index (κ3) is 4.15. The van der Waals surface area contributed by atoms with Crippen LogP contribution in [0.2, 0.25) is 0 Å². The average molecular weight is 340 g/mol. The van der Waals surface area contributed by atoms with Crippen molar-refractivity contribution in [1.82, 2.24) is 4.98 Å². The van der Waals surface area contributed by atoms with Gasteiger partial charge in [0.25, 0.3) is 0 Å². The van der Waals surface area contributed by atoms with Crippen LogP contribution in [0.4, 0.5) is 19.0 Å². The molecule has 1 aliphatic rings. The molecule has 0 atom stereocenters. The number of benzene rings is 1. The number of hydrogen-bond donors (Lipinski definition) is 1. The number of anilines is 1. The minimum Gasteiger partial charge on any atom is -0.475 e. The maximum absolute atomic E-state index is 10.6. The van der Waals surface area contributed by atoms with Crippen LogP contribution in [0.3, 0.4) is 0 Å². The van der Waals surface area contributed by atoms with Gasteiger partial charge in [-0.25, -0.2) is 9.78 Å². The third-order valence-corrected chi connectivity index (χ3v) is 3.91. The van der Waals surface area contributed by atoms with Crippen LogP contribution in [0.5, 0.6) is 0 Å². The monoisotopic (exact) mass is 340 g/mol. The molecule has 0 amide bonds. The number of fused-ring (bicyclic) bond motifs is 1. The molecule has 1 fully saturated rings. The Labute approximate surface area is 137 Å². The third-order valence-electron chi connectivity index (χ3n) is 3.91. The summed E-state index contributed by atoms with van der Waals surface area (Å²) >= 11 is 0. The standard InChI is InChI=1S/C15H18N2.C2HF3O2/c1-11-6-5-7-13-12(2)10-14(16-15(11)13)17-8-3-4-9-17;3-2(4,5)1(6)7/h5-7,10H,3-4,8-9H2,1-2H3;(H,6,7). The van der Waals surface area contributed by atoms with Crippen molar-refractivity contribution in [3.63, 3.8) is 0 Å². The van der Waals surface area contributed by atoms with E-state index in [2.05, 4.69) is 43.0 Å². The average Bonchev–Trinajstić information content (AvgIpc) is 3.02. The zero-order valence-corrected chi connectivity index (χ0v) is 13.5. The second-order valence-corrected chi connectivity index (χ2v) is 5.77. The summed E-state index contributed by atoms with van der Waals surface area (Å²) in [6.45, 7) is 6.64. The highest BCUT2D eigenvalue weighted by atomic mass is 19.4. The van der Waals surface area contributed by atoms with Gasteiger partial charge in [0.1, 0.15) is 5.82 Å². The summed E-state index contributed by atoms with van der Waals surface area (Å²) in [7, 11) is 0. The lowest BCUT2D eigenvalue weighted by Gasteiger charge is -2.18. The van der Waals surface area contributed by atoms with Gasteiger partial charge in [0, 0.05) is 18.5 Å². The molecule has 24 heavy (non-hydrogen) atoms. The van der Waals surface area contributed by atoms with Crippen molar-refractivity contribution in [3.8, 4) is 0 Å². The first-order chi connectivity index (χ1) is 11.2. The van der Waals surface area contributed by atoms with Crippen molar-refractivity contribution in [1.29, 1.82) is 0 Å². The molecule has 130 valence electrons. The first-order valence-corrected chi connectivity index (χ1v) is 7.62. The molecule has 0 aliphatic carbocycles. The molecule has 7 heteroatoms. The van der Waals surface area contributed by atoms with Crippen LogP contribution in [0, 0.1) is 13.8 Å². The lowest BCUT2D eigenvalue weighted by Crippen LogP contribution is -2.21. The molecule has 1 N–H and O–H groups in total. The number of aryl methyl sites for hydroxylation is 2. The van der Waals surface area contributed by atoms with Crippen molar-refractivity contribution >= 4 is 22.7 Å². The highest BCUT2D eigenvalue weighted by Gasteiger charge is 2.38. The number of rotatable bonds is 1. The Kier molecular flexibility index (Phi) is 5.31. The molecule has 0 saturated carbocycles. The summed E-state index contributed by atoms with van der Waals surface area (Å²) in [4.78, 5) is 16.1. The Morgan fingerprint density at radius 1 is 1.17 bits per heavy atom. The van der Waals surface area contributed by atoms with Gasteiger partial charge in [-0.3, -0.25) is 0 Å². The molecule has 1 aromatic heterocycles. The van der Waals surface area contributed by atoms with E-state index in [-0.39, 0.29) is 0 Å². The Bertz CT molecular complexity index is 738. The largest absolute Gasteiger partial charge is 0.490 e. The Hall–Kier alpha value is -2.31. The maximum Gasteiger partial charge on any atom is 0.490 e. The zero-order valence-electron chi connectivity index (χ0n) is 13.5. The number of pyridine rings is 1. The van der Waals surface area contributed by atoms with E-state index in [1.54, 1.807) is 0 Å². The van der Waals surface area contributed by atoms with E-state index in [1.807, 2.05) is 0 Å². The van der Waals surface area contributed by atoms with E-state index in [1.165, 1.54) is 29.4 Å². The number of hydrogen-bond acceptors (Lipinski definition) is 3. The first-order valence-electron chi connectivity index (χ1n) is 7.62. The van der Waals surface area contributed by atoms with Gasteiger partial charge >= 0.3 is 12.1 Å². The number of aromatic nitrogens is 1. The Balaban J connectivity index is 0.000000256. The van der Waals surface area contributed by atoms with Crippen LogP contribution in [0.1, 0.15) is 24.0 Å². The lowest BCUT2D eigenvalue weighted by atomic mass is 10.1. The van der Waals surface area contributed by atoms with Crippen LogP contribution in [-0.2, 0) is 4.79 Å². The smallest absolute Gasteiger partial charge is 0.475 e. The zero-order chi connectivity index (χ0) is 17.9. The summed E-state index contributed by atoms with van der Waals surface area (Å²) in [5.74, 6) is -1.60. The number of halogens is 3. The predicted octanol–water partition coefficient (Wildman–Crippen LogP) is 4.09. The van der Waals surface area contributed by atoms with Gasteiger partial charge in [-0.1, -0.05) is 18.2 Å². The number of aliphatic carboxylic acids is 1. The van der Waals surface area contributed by atoms with Crippen LogP contribution in [0.25, 0.3) is 10.9 Å². The molecule has 1 aromatic carbocycles. The van der Waals surface area contributed by atoms with Gasteiger partial charge in [-0.05, 0) is 43.9 Å². The fourth-order valence-corrected chi connectivity index (χ4v) is 2.65. The Morgan fingerprint density at radius 3 is 2.29 bits per heavy atom. The molecule has 0 unspecified atom stereocenters. The quantitative estimate of drug-likeness (QED) is 0.850.